The summed E-state index contributed by atoms with van der Waals surface area (Å²) in [6.07, 6.45) is -0.0421. The van der Waals surface area contributed by atoms with Crippen LogP contribution in [0.3, 0.4) is 0 Å². The van der Waals surface area contributed by atoms with E-state index in [0.29, 0.717) is 17.1 Å². The number of benzene rings is 3. The molecule has 0 radical (unpaired) electrons. The summed E-state index contributed by atoms with van der Waals surface area (Å²) in [5.74, 6) is -0.259. The molecule has 0 unspecified atom stereocenters. The molecule has 1 amide bonds. The summed E-state index contributed by atoms with van der Waals surface area (Å²) in [6.45, 7) is 2.26. The lowest BCUT2D eigenvalue weighted by atomic mass is 10.0. The maximum absolute atomic E-state index is 12.9. The zero-order chi connectivity index (χ0) is 21.6. The number of carbonyl (C=O) groups excluding carboxylic acids is 1. The maximum Gasteiger partial charge on any atom is 0.241 e. The first-order valence-electron chi connectivity index (χ1n) is 9.48. The number of nitrogens with one attached hydrogen (secondary N) is 2. The molecule has 3 rings (SSSR count). The molecule has 0 heterocycles. The van der Waals surface area contributed by atoms with E-state index in [0.717, 1.165) is 11.1 Å². The second-order valence-corrected chi connectivity index (χ2v) is 9.16. The Labute approximate surface area is 182 Å². The van der Waals surface area contributed by atoms with Crippen molar-refractivity contribution in [3.8, 4) is 0 Å². The Morgan fingerprint density at radius 2 is 1.57 bits per heavy atom. The van der Waals surface area contributed by atoms with Crippen LogP contribution in [0.5, 0.6) is 0 Å². The molecule has 0 aliphatic carbocycles. The molecule has 0 aromatic heterocycles. The van der Waals surface area contributed by atoms with Gasteiger partial charge in [0.05, 0.1) is 10.9 Å². The Kier molecular flexibility index (Phi) is 7.26. The van der Waals surface area contributed by atoms with Crippen LogP contribution in [0.25, 0.3) is 0 Å². The SMILES string of the molecule is Cc1ccc(S(=O)(=O)N[C@@H](CC(=O)NCc2ccccc2)c2ccc(Cl)cc2)cc1. The van der Waals surface area contributed by atoms with E-state index in [1.165, 1.54) is 0 Å². The third-order valence-corrected chi connectivity index (χ3v) is 6.36. The summed E-state index contributed by atoms with van der Waals surface area (Å²) in [6, 6.07) is 22.1. The number of hydrogen-bond acceptors (Lipinski definition) is 3. The minimum atomic E-state index is -3.81. The van der Waals surface area contributed by atoms with E-state index in [9.17, 15) is 13.2 Å². The molecule has 7 heteroatoms. The van der Waals surface area contributed by atoms with E-state index < -0.39 is 16.1 Å². The predicted molar refractivity (Wildman–Crippen MR) is 119 cm³/mol. The molecule has 0 fully saturated rings. The van der Waals surface area contributed by atoms with Crippen LogP contribution in [0.4, 0.5) is 0 Å². The first kappa shape index (κ1) is 22.0. The second-order valence-electron chi connectivity index (χ2n) is 7.00. The molecule has 156 valence electrons. The molecule has 0 aliphatic heterocycles. The van der Waals surface area contributed by atoms with Gasteiger partial charge in [0.1, 0.15) is 0 Å². The van der Waals surface area contributed by atoms with Gasteiger partial charge in [-0.25, -0.2) is 13.1 Å². The van der Waals surface area contributed by atoms with E-state index in [2.05, 4.69) is 10.0 Å². The number of hydrogen-bond donors (Lipinski definition) is 2. The highest BCUT2D eigenvalue weighted by Gasteiger charge is 2.23. The molecular formula is C23H23ClN2O3S. The molecule has 3 aromatic carbocycles. The number of carbonyl (C=O) groups is 1. The van der Waals surface area contributed by atoms with Gasteiger partial charge < -0.3 is 5.32 Å². The van der Waals surface area contributed by atoms with Gasteiger partial charge in [-0.2, -0.15) is 0 Å². The molecular weight excluding hydrogens is 420 g/mol. The van der Waals surface area contributed by atoms with Gasteiger partial charge in [0.25, 0.3) is 0 Å². The largest absolute Gasteiger partial charge is 0.352 e. The quantitative estimate of drug-likeness (QED) is 0.543. The molecule has 1 atom stereocenters. The van der Waals surface area contributed by atoms with Gasteiger partial charge >= 0.3 is 0 Å². The van der Waals surface area contributed by atoms with Crippen LogP contribution in [0.15, 0.2) is 83.8 Å². The number of rotatable bonds is 8. The number of amides is 1. The van der Waals surface area contributed by atoms with Crippen molar-refractivity contribution < 1.29 is 13.2 Å². The Balaban J connectivity index is 1.77. The van der Waals surface area contributed by atoms with Gasteiger partial charge in [-0.15, -0.1) is 0 Å². The summed E-state index contributed by atoms with van der Waals surface area (Å²) in [4.78, 5) is 12.7. The van der Waals surface area contributed by atoms with Crippen molar-refractivity contribution in [2.75, 3.05) is 0 Å². The smallest absolute Gasteiger partial charge is 0.241 e. The highest BCUT2D eigenvalue weighted by molar-refractivity contribution is 7.89. The molecule has 30 heavy (non-hydrogen) atoms. The zero-order valence-electron chi connectivity index (χ0n) is 16.5. The van der Waals surface area contributed by atoms with E-state index in [1.54, 1.807) is 48.5 Å². The van der Waals surface area contributed by atoms with Gasteiger partial charge in [-0.1, -0.05) is 71.8 Å². The average molecular weight is 443 g/mol. The van der Waals surface area contributed by atoms with Gasteiger partial charge in [0, 0.05) is 18.0 Å². The first-order valence-corrected chi connectivity index (χ1v) is 11.3. The van der Waals surface area contributed by atoms with Crippen LogP contribution in [0.1, 0.15) is 29.2 Å². The highest BCUT2D eigenvalue weighted by atomic mass is 35.5. The molecule has 0 aliphatic rings. The first-order chi connectivity index (χ1) is 14.3. The molecule has 0 bridgehead atoms. The van der Waals surface area contributed by atoms with Crippen molar-refractivity contribution in [2.24, 2.45) is 0 Å². The third-order valence-electron chi connectivity index (χ3n) is 4.62. The van der Waals surface area contributed by atoms with Crippen LogP contribution in [-0.4, -0.2) is 14.3 Å². The molecule has 0 saturated carbocycles. The zero-order valence-corrected chi connectivity index (χ0v) is 18.1. The van der Waals surface area contributed by atoms with Gasteiger partial charge in [-0.05, 0) is 42.3 Å². The third kappa shape index (κ3) is 6.16. The van der Waals surface area contributed by atoms with Crippen molar-refractivity contribution in [2.45, 2.75) is 30.8 Å². The van der Waals surface area contributed by atoms with Crippen molar-refractivity contribution in [1.29, 1.82) is 0 Å². The summed E-state index contributed by atoms with van der Waals surface area (Å²) in [5.41, 5.74) is 2.59. The van der Waals surface area contributed by atoms with Gasteiger partial charge in [-0.3, -0.25) is 4.79 Å². The Hall–Kier alpha value is -2.67. The van der Waals surface area contributed by atoms with Gasteiger partial charge in [0.2, 0.25) is 15.9 Å². The van der Waals surface area contributed by atoms with Crippen LogP contribution in [0, 0.1) is 6.92 Å². The van der Waals surface area contributed by atoms with Crippen molar-refractivity contribution in [3.63, 3.8) is 0 Å². The van der Waals surface area contributed by atoms with Crippen molar-refractivity contribution >= 4 is 27.5 Å². The normalized spacial score (nSPS) is 12.3. The number of halogens is 1. The Morgan fingerprint density at radius 1 is 0.933 bits per heavy atom. The number of sulfonamides is 1. The predicted octanol–water partition coefficient (Wildman–Crippen LogP) is 4.37. The van der Waals surface area contributed by atoms with Crippen molar-refractivity contribution in [1.82, 2.24) is 10.0 Å². The fourth-order valence-corrected chi connectivity index (χ4v) is 4.30. The summed E-state index contributed by atoms with van der Waals surface area (Å²) in [7, 11) is -3.81. The van der Waals surface area contributed by atoms with E-state index in [4.69, 9.17) is 11.6 Å². The van der Waals surface area contributed by atoms with Gasteiger partial charge in [0.15, 0.2) is 0 Å². The minimum absolute atomic E-state index is 0.0421. The second kappa shape index (κ2) is 9.89. The van der Waals surface area contributed by atoms with E-state index in [-0.39, 0.29) is 17.2 Å². The number of aryl methyl sites for hydroxylation is 1. The molecule has 3 aromatic rings. The highest BCUT2D eigenvalue weighted by Crippen LogP contribution is 2.22. The van der Waals surface area contributed by atoms with Crippen LogP contribution in [-0.2, 0) is 21.4 Å². The summed E-state index contributed by atoms with van der Waals surface area (Å²) < 4.78 is 28.4. The summed E-state index contributed by atoms with van der Waals surface area (Å²) in [5, 5.41) is 3.38. The molecule has 2 N–H and O–H groups in total. The fourth-order valence-electron chi connectivity index (χ4n) is 2.95. The van der Waals surface area contributed by atoms with Crippen LogP contribution >= 0.6 is 11.6 Å². The topological polar surface area (TPSA) is 75.3 Å². The van der Waals surface area contributed by atoms with E-state index in [1.807, 2.05) is 37.3 Å². The van der Waals surface area contributed by atoms with Crippen LogP contribution in [0.2, 0.25) is 5.02 Å². The fraction of sp³-hybridized carbons (Fsp3) is 0.174. The molecule has 0 spiro atoms. The summed E-state index contributed by atoms with van der Waals surface area (Å²) >= 11 is 5.97. The Morgan fingerprint density at radius 3 is 2.20 bits per heavy atom. The Bertz CT molecular complexity index is 1080. The lowest BCUT2D eigenvalue weighted by Gasteiger charge is -2.19. The van der Waals surface area contributed by atoms with Crippen molar-refractivity contribution in [3.05, 3.63) is 101 Å². The van der Waals surface area contributed by atoms with Crippen LogP contribution < -0.4 is 10.0 Å². The standard InChI is InChI=1S/C23H23ClN2O3S/c1-17-7-13-21(14-8-17)30(28,29)26-22(19-9-11-20(24)12-10-19)15-23(27)25-16-18-5-3-2-4-6-18/h2-14,22,26H,15-16H2,1H3,(H,25,27)/t22-/m0/s1. The molecule has 0 saturated heterocycles. The lowest BCUT2D eigenvalue weighted by molar-refractivity contribution is -0.121. The monoisotopic (exact) mass is 442 g/mol. The lowest BCUT2D eigenvalue weighted by Crippen LogP contribution is -2.33. The maximum atomic E-state index is 12.9. The minimum Gasteiger partial charge on any atom is -0.352 e. The molecule has 5 nitrogen and oxygen atoms in total. The van der Waals surface area contributed by atoms with E-state index >= 15 is 0 Å². The average Bonchev–Trinajstić information content (AvgIpc) is 2.73.